The molecule has 144 valence electrons. The molecule has 1 unspecified atom stereocenters. The van der Waals surface area contributed by atoms with Crippen LogP contribution >= 0.6 is 0 Å². The third kappa shape index (κ3) is 5.81. The minimum atomic E-state index is 0.0383. The molecule has 0 spiro atoms. The Morgan fingerprint density at radius 3 is 2.59 bits per heavy atom. The molecule has 0 aromatic heterocycles. The second-order valence-corrected chi connectivity index (χ2v) is 6.95. The maximum atomic E-state index is 6.29. The van der Waals surface area contributed by atoms with Crippen molar-refractivity contribution < 1.29 is 9.47 Å². The summed E-state index contributed by atoms with van der Waals surface area (Å²) < 4.78 is 10.8. The van der Waals surface area contributed by atoms with Crippen LogP contribution in [0.5, 0.6) is 0 Å². The molecule has 1 aliphatic rings. The lowest BCUT2D eigenvalue weighted by Gasteiger charge is -2.25. The van der Waals surface area contributed by atoms with Gasteiger partial charge in [-0.25, -0.2) is 4.99 Å². The van der Waals surface area contributed by atoms with Gasteiger partial charge in [0.2, 0.25) is 0 Å². The Labute approximate surface area is 161 Å². The summed E-state index contributed by atoms with van der Waals surface area (Å²) in [5, 5.41) is 3.26. The Kier molecular flexibility index (Phi) is 7.25. The van der Waals surface area contributed by atoms with Gasteiger partial charge in [0.15, 0.2) is 5.96 Å². The van der Waals surface area contributed by atoms with Gasteiger partial charge >= 0.3 is 0 Å². The van der Waals surface area contributed by atoms with Crippen LogP contribution in [0.2, 0.25) is 0 Å². The molecule has 0 amide bonds. The fraction of sp³-hybridized carbons (Fsp3) is 0.409. The van der Waals surface area contributed by atoms with E-state index in [1.165, 1.54) is 5.56 Å². The molecule has 1 saturated heterocycles. The van der Waals surface area contributed by atoms with Gasteiger partial charge in [0.05, 0.1) is 12.6 Å². The maximum Gasteiger partial charge on any atom is 0.193 e. The van der Waals surface area contributed by atoms with Crippen molar-refractivity contribution >= 4 is 11.6 Å². The number of anilines is 1. The van der Waals surface area contributed by atoms with Crippen molar-refractivity contribution in [2.75, 3.05) is 25.6 Å². The number of hydrogen-bond acceptors (Lipinski definition) is 3. The minimum Gasteiger partial charge on any atom is -0.381 e. The standard InChI is InChI=1S/C22H29N3O2/c1-26-16-19-9-5-6-10-20(19)24-22(23)25-21(18-7-3-2-4-8-18)15-17-11-13-27-14-12-17/h2-10,17,21H,11-16H2,1H3,(H3,23,24,25). The van der Waals surface area contributed by atoms with Gasteiger partial charge in [-0.3, -0.25) is 0 Å². The van der Waals surface area contributed by atoms with Crippen LogP contribution < -0.4 is 11.1 Å². The summed E-state index contributed by atoms with van der Waals surface area (Å²) in [4.78, 5) is 4.84. The van der Waals surface area contributed by atoms with E-state index in [9.17, 15) is 0 Å². The Morgan fingerprint density at radius 1 is 1.15 bits per heavy atom. The van der Waals surface area contributed by atoms with E-state index in [0.717, 1.165) is 43.7 Å². The molecule has 0 radical (unpaired) electrons. The van der Waals surface area contributed by atoms with Crippen molar-refractivity contribution in [3.05, 3.63) is 65.7 Å². The average Bonchev–Trinajstić information content (AvgIpc) is 2.71. The molecule has 27 heavy (non-hydrogen) atoms. The van der Waals surface area contributed by atoms with Gasteiger partial charge < -0.3 is 20.5 Å². The van der Waals surface area contributed by atoms with Crippen LogP contribution in [0.1, 0.15) is 36.4 Å². The number of benzene rings is 2. The fourth-order valence-corrected chi connectivity index (χ4v) is 3.50. The number of nitrogens with two attached hydrogens (primary N) is 1. The van der Waals surface area contributed by atoms with E-state index in [0.29, 0.717) is 18.5 Å². The van der Waals surface area contributed by atoms with E-state index in [2.05, 4.69) is 29.6 Å². The topological polar surface area (TPSA) is 68.9 Å². The Hall–Kier alpha value is -2.37. The van der Waals surface area contributed by atoms with Gasteiger partial charge in [-0.15, -0.1) is 0 Å². The number of hydrogen-bond donors (Lipinski definition) is 2. The molecule has 5 heteroatoms. The Balaban J connectivity index is 1.77. The van der Waals surface area contributed by atoms with E-state index < -0.39 is 0 Å². The monoisotopic (exact) mass is 367 g/mol. The van der Waals surface area contributed by atoms with Crippen LogP contribution in [-0.4, -0.2) is 26.3 Å². The molecular formula is C22H29N3O2. The summed E-state index contributed by atoms with van der Waals surface area (Å²) in [6.07, 6.45) is 3.15. The molecule has 1 fully saturated rings. The normalized spacial score (nSPS) is 16.9. The van der Waals surface area contributed by atoms with Gasteiger partial charge in [0, 0.05) is 31.6 Å². The first-order valence-corrected chi connectivity index (χ1v) is 9.56. The average molecular weight is 367 g/mol. The van der Waals surface area contributed by atoms with Crippen LogP contribution in [0, 0.1) is 5.92 Å². The van der Waals surface area contributed by atoms with Gasteiger partial charge in [0.25, 0.3) is 0 Å². The first-order chi connectivity index (χ1) is 13.3. The summed E-state index contributed by atoms with van der Waals surface area (Å²) in [6.45, 7) is 2.21. The highest BCUT2D eigenvalue weighted by atomic mass is 16.5. The van der Waals surface area contributed by atoms with Crippen molar-refractivity contribution in [1.29, 1.82) is 0 Å². The molecule has 2 aromatic rings. The zero-order valence-electron chi connectivity index (χ0n) is 15.9. The number of methoxy groups -OCH3 is 1. The minimum absolute atomic E-state index is 0.0383. The second-order valence-electron chi connectivity index (χ2n) is 6.95. The molecule has 1 heterocycles. The zero-order chi connectivity index (χ0) is 18.9. The predicted octanol–water partition coefficient (Wildman–Crippen LogP) is 4.12. The lowest BCUT2D eigenvalue weighted by Crippen LogP contribution is -2.25. The number of aliphatic imine (C=N–C) groups is 1. The van der Waals surface area contributed by atoms with Gasteiger partial charge in [-0.05, 0) is 36.8 Å². The van der Waals surface area contributed by atoms with E-state index in [1.807, 2.05) is 30.3 Å². The number of nitrogens with zero attached hydrogens (tertiary/aromatic N) is 1. The zero-order valence-corrected chi connectivity index (χ0v) is 15.9. The molecule has 0 bridgehead atoms. The summed E-state index contributed by atoms with van der Waals surface area (Å²) in [5.74, 6) is 1.04. The highest BCUT2D eigenvalue weighted by Crippen LogP contribution is 2.30. The quantitative estimate of drug-likeness (QED) is 0.571. The highest BCUT2D eigenvalue weighted by Gasteiger charge is 2.20. The van der Waals surface area contributed by atoms with Crippen molar-refractivity contribution in [2.45, 2.75) is 31.9 Å². The lowest BCUT2D eigenvalue weighted by atomic mass is 9.90. The Morgan fingerprint density at radius 2 is 1.85 bits per heavy atom. The van der Waals surface area contributed by atoms with Crippen molar-refractivity contribution in [1.82, 2.24) is 0 Å². The molecular weight excluding hydrogens is 338 g/mol. The van der Waals surface area contributed by atoms with Crippen molar-refractivity contribution in [2.24, 2.45) is 16.6 Å². The molecule has 3 N–H and O–H groups in total. The molecule has 0 aliphatic carbocycles. The number of para-hydroxylation sites is 1. The maximum absolute atomic E-state index is 6.29. The largest absolute Gasteiger partial charge is 0.381 e. The summed E-state index contributed by atoms with van der Waals surface area (Å²) >= 11 is 0. The van der Waals surface area contributed by atoms with E-state index >= 15 is 0 Å². The molecule has 2 aromatic carbocycles. The van der Waals surface area contributed by atoms with Crippen LogP contribution in [0.25, 0.3) is 0 Å². The third-order valence-corrected chi connectivity index (χ3v) is 4.96. The Bertz CT molecular complexity index is 727. The van der Waals surface area contributed by atoms with E-state index in [4.69, 9.17) is 20.2 Å². The fourth-order valence-electron chi connectivity index (χ4n) is 3.50. The van der Waals surface area contributed by atoms with Gasteiger partial charge in [0.1, 0.15) is 0 Å². The van der Waals surface area contributed by atoms with Gasteiger partial charge in [-0.1, -0.05) is 48.5 Å². The van der Waals surface area contributed by atoms with E-state index in [1.54, 1.807) is 7.11 Å². The summed E-state index contributed by atoms with van der Waals surface area (Å²) in [5.41, 5.74) is 9.46. The SMILES string of the molecule is COCc1ccccc1NC(N)=NC(CC1CCOCC1)c1ccccc1. The molecule has 0 saturated carbocycles. The smallest absolute Gasteiger partial charge is 0.193 e. The highest BCUT2D eigenvalue weighted by molar-refractivity contribution is 5.93. The van der Waals surface area contributed by atoms with E-state index in [-0.39, 0.29) is 6.04 Å². The summed E-state index contributed by atoms with van der Waals surface area (Å²) in [6, 6.07) is 18.4. The first-order valence-electron chi connectivity index (χ1n) is 9.56. The molecule has 5 nitrogen and oxygen atoms in total. The predicted molar refractivity (Wildman–Crippen MR) is 110 cm³/mol. The number of rotatable bonds is 7. The number of guanidine groups is 1. The molecule has 1 atom stereocenters. The second kappa shape index (κ2) is 10.1. The number of ether oxygens (including phenoxy) is 2. The van der Waals surface area contributed by atoms with Crippen LogP contribution in [0.4, 0.5) is 5.69 Å². The van der Waals surface area contributed by atoms with Crippen LogP contribution in [0.3, 0.4) is 0 Å². The molecule has 3 rings (SSSR count). The van der Waals surface area contributed by atoms with Crippen LogP contribution in [0.15, 0.2) is 59.6 Å². The van der Waals surface area contributed by atoms with Crippen molar-refractivity contribution in [3.63, 3.8) is 0 Å². The molecule has 1 aliphatic heterocycles. The number of nitrogens with one attached hydrogen (secondary N) is 1. The third-order valence-electron chi connectivity index (χ3n) is 4.96. The van der Waals surface area contributed by atoms with Gasteiger partial charge in [-0.2, -0.15) is 0 Å². The van der Waals surface area contributed by atoms with Crippen molar-refractivity contribution in [3.8, 4) is 0 Å². The summed E-state index contributed by atoms with van der Waals surface area (Å²) in [7, 11) is 1.69. The lowest BCUT2D eigenvalue weighted by molar-refractivity contribution is 0.0619. The van der Waals surface area contributed by atoms with Crippen LogP contribution in [-0.2, 0) is 16.1 Å². The first kappa shape index (κ1) is 19.4.